The fourth-order valence-corrected chi connectivity index (χ4v) is 2.73. The summed E-state index contributed by atoms with van der Waals surface area (Å²) in [5.41, 5.74) is 3.89. The lowest BCUT2D eigenvalue weighted by atomic mass is 10.1. The summed E-state index contributed by atoms with van der Waals surface area (Å²) in [6.45, 7) is 8.13. The Morgan fingerprint density at radius 2 is 1.86 bits per heavy atom. The van der Waals surface area contributed by atoms with Crippen molar-refractivity contribution in [1.29, 1.82) is 0 Å². The van der Waals surface area contributed by atoms with E-state index in [1.165, 1.54) is 9.13 Å². The molecule has 0 bridgehead atoms. The zero-order chi connectivity index (χ0) is 16.1. The van der Waals surface area contributed by atoms with E-state index in [0.717, 1.165) is 30.0 Å². The summed E-state index contributed by atoms with van der Waals surface area (Å²) in [7, 11) is 0. The van der Waals surface area contributed by atoms with Gasteiger partial charge in [-0.15, -0.1) is 0 Å². The molecule has 0 aliphatic heterocycles. The third-order valence-corrected chi connectivity index (χ3v) is 4.81. The van der Waals surface area contributed by atoms with Crippen LogP contribution in [0.25, 0.3) is 0 Å². The Morgan fingerprint density at radius 3 is 2.45 bits per heavy atom. The van der Waals surface area contributed by atoms with E-state index in [-0.39, 0.29) is 5.75 Å². The predicted octanol–water partition coefficient (Wildman–Crippen LogP) is 4.90. The number of phenolic OH excluding ortho intramolecular Hbond substituents is 1. The molecular formula is C18H21IN2O. The van der Waals surface area contributed by atoms with Crippen LogP contribution in [0, 0.1) is 10.5 Å². The second-order valence-electron chi connectivity index (χ2n) is 5.11. The number of aryl methyl sites for hydroxylation is 1. The van der Waals surface area contributed by atoms with Crippen molar-refractivity contribution in [3.8, 4) is 5.75 Å². The summed E-state index contributed by atoms with van der Waals surface area (Å²) in [5.74, 6) is 0.259. The van der Waals surface area contributed by atoms with Crippen molar-refractivity contribution in [2.75, 3.05) is 18.0 Å². The molecule has 0 aliphatic carbocycles. The number of hydrogen-bond donors (Lipinski definition) is 1. The molecule has 0 amide bonds. The number of aliphatic imine (C=N–C) groups is 1. The van der Waals surface area contributed by atoms with Gasteiger partial charge in [0.1, 0.15) is 5.75 Å². The van der Waals surface area contributed by atoms with Gasteiger partial charge in [0.15, 0.2) is 0 Å². The van der Waals surface area contributed by atoms with Crippen LogP contribution >= 0.6 is 22.6 Å². The van der Waals surface area contributed by atoms with Gasteiger partial charge in [0, 0.05) is 40.2 Å². The number of anilines is 1. The van der Waals surface area contributed by atoms with Crippen molar-refractivity contribution < 1.29 is 5.11 Å². The van der Waals surface area contributed by atoms with E-state index in [4.69, 9.17) is 0 Å². The maximum absolute atomic E-state index is 10.2. The highest BCUT2D eigenvalue weighted by atomic mass is 127. The molecule has 2 aromatic rings. The average Bonchev–Trinajstić information content (AvgIpc) is 2.51. The van der Waals surface area contributed by atoms with Gasteiger partial charge in [-0.2, -0.15) is 0 Å². The second kappa shape index (κ2) is 7.63. The Bertz CT molecular complexity index is 679. The second-order valence-corrected chi connectivity index (χ2v) is 6.27. The first-order valence-electron chi connectivity index (χ1n) is 7.43. The van der Waals surface area contributed by atoms with E-state index < -0.39 is 0 Å². The third-order valence-electron chi connectivity index (χ3n) is 3.65. The van der Waals surface area contributed by atoms with Crippen LogP contribution in [0.4, 0.5) is 11.4 Å². The van der Waals surface area contributed by atoms with E-state index in [9.17, 15) is 5.11 Å². The molecule has 0 atom stereocenters. The Labute approximate surface area is 145 Å². The van der Waals surface area contributed by atoms with Crippen LogP contribution in [0.1, 0.15) is 25.0 Å². The van der Waals surface area contributed by atoms with Gasteiger partial charge in [-0.1, -0.05) is 6.07 Å². The molecule has 4 heteroatoms. The van der Waals surface area contributed by atoms with E-state index in [1.807, 2.05) is 24.3 Å². The van der Waals surface area contributed by atoms with Gasteiger partial charge in [0.25, 0.3) is 0 Å². The molecule has 2 aromatic carbocycles. The number of aromatic hydroxyl groups is 1. The first-order valence-corrected chi connectivity index (χ1v) is 8.51. The monoisotopic (exact) mass is 408 g/mol. The van der Waals surface area contributed by atoms with E-state index >= 15 is 0 Å². The highest BCUT2D eigenvalue weighted by Crippen LogP contribution is 2.25. The summed E-state index contributed by atoms with van der Waals surface area (Å²) < 4.78 is 1.19. The van der Waals surface area contributed by atoms with E-state index in [2.05, 4.69) is 59.3 Å². The molecule has 2 rings (SSSR count). The Kier molecular flexibility index (Phi) is 5.83. The quantitative estimate of drug-likeness (QED) is 0.564. The van der Waals surface area contributed by atoms with Crippen LogP contribution in [0.15, 0.2) is 41.4 Å². The lowest BCUT2D eigenvalue weighted by Crippen LogP contribution is -2.21. The molecule has 0 aromatic heterocycles. The summed E-state index contributed by atoms with van der Waals surface area (Å²) in [6, 6.07) is 11.8. The van der Waals surface area contributed by atoms with Crippen molar-refractivity contribution in [2.45, 2.75) is 20.8 Å². The molecule has 3 nitrogen and oxygen atoms in total. The average molecular weight is 408 g/mol. The zero-order valence-electron chi connectivity index (χ0n) is 13.2. The number of phenols is 1. The molecular weight excluding hydrogens is 387 g/mol. The molecule has 22 heavy (non-hydrogen) atoms. The van der Waals surface area contributed by atoms with Crippen LogP contribution in [-0.2, 0) is 0 Å². The number of nitrogens with zero attached hydrogens (tertiary/aromatic N) is 2. The first-order chi connectivity index (χ1) is 10.5. The van der Waals surface area contributed by atoms with Gasteiger partial charge in [-0.25, -0.2) is 0 Å². The predicted molar refractivity (Wildman–Crippen MR) is 103 cm³/mol. The van der Waals surface area contributed by atoms with Crippen LogP contribution in [0.5, 0.6) is 5.75 Å². The maximum Gasteiger partial charge on any atom is 0.126 e. The summed E-state index contributed by atoms with van der Waals surface area (Å²) in [5, 5.41) is 10.2. The van der Waals surface area contributed by atoms with Crippen LogP contribution < -0.4 is 4.90 Å². The van der Waals surface area contributed by atoms with Crippen LogP contribution in [0.3, 0.4) is 0 Å². The highest BCUT2D eigenvalue weighted by Gasteiger charge is 2.05. The largest absolute Gasteiger partial charge is 0.507 e. The molecule has 116 valence electrons. The van der Waals surface area contributed by atoms with Crippen molar-refractivity contribution in [1.82, 2.24) is 0 Å². The smallest absolute Gasteiger partial charge is 0.126 e. The normalized spacial score (nSPS) is 11.1. The molecule has 1 N–H and O–H groups in total. The topological polar surface area (TPSA) is 35.8 Å². The highest BCUT2D eigenvalue weighted by molar-refractivity contribution is 14.1. The van der Waals surface area contributed by atoms with Gasteiger partial charge in [-0.3, -0.25) is 4.99 Å². The number of benzene rings is 2. The Hall–Kier alpha value is -1.56. The minimum Gasteiger partial charge on any atom is -0.507 e. The van der Waals surface area contributed by atoms with Crippen molar-refractivity contribution in [3.63, 3.8) is 0 Å². The van der Waals surface area contributed by atoms with Crippen molar-refractivity contribution in [3.05, 3.63) is 51.1 Å². The van der Waals surface area contributed by atoms with Gasteiger partial charge in [0.05, 0.1) is 5.69 Å². The maximum atomic E-state index is 10.2. The minimum atomic E-state index is 0.259. The summed E-state index contributed by atoms with van der Waals surface area (Å²) in [4.78, 5) is 6.65. The first kappa shape index (κ1) is 16.8. The van der Waals surface area contributed by atoms with E-state index in [0.29, 0.717) is 0 Å². The Morgan fingerprint density at radius 1 is 1.14 bits per heavy atom. The number of hydrogen-bond acceptors (Lipinski definition) is 3. The fraction of sp³-hybridized carbons (Fsp3) is 0.278. The summed E-state index contributed by atoms with van der Waals surface area (Å²) >= 11 is 2.30. The SMILES string of the molecule is CCN(CC)c1ccc(C=Nc2ccc(C)c(I)c2)c(O)c1. The Balaban J connectivity index is 2.22. The molecule has 0 fully saturated rings. The molecule has 0 saturated heterocycles. The van der Waals surface area contributed by atoms with Crippen molar-refractivity contribution >= 4 is 40.2 Å². The summed E-state index contributed by atoms with van der Waals surface area (Å²) in [6.07, 6.45) is 1.71. The molecule has 0 unspecified atom stereocenters. The lowest BCUT2D eigenvalue weighted by molar-refractivity contribution is 0.474. The van der Waals surface area contributed by atoms with Gasteiger partial charge < -0.3 is 10.0 Å². The minimum absolute atomic E-state index is 0.259. The molecule has 0 radical (unpaired) electrons. The number of halogens is 1. The van der Waals surface area contributed by atoms with Gasteiger partial charge in [-0.05, 0) is 73.2 Å². The van der Waals surface area contributed by atoms with Crippen molar-refractivity contribution in [2.24, 2.45) is 4.99 Å². The van der Waals surface area contributed by atoms with Crippen LogP contribution in [0.2, 0.25) is 0 Å². The van der Waals surface area contributed by atoms with E-state index in [1.54, 1.807) is 12.3 Å². The fourth-order valence-electron chi connectivity index (χ4n) is 2.23. The van der Waals surface area contributed by atoms with Gasteiger partial charge in [0.2, 0.25) is 0 Å². The standard InChI is InChI=1S/C18H21IN2O/c1-4-21(5-2)16-9-7-14(18(22)11-16)12-20-15-8-6-13(3)17(19)10-15/h6-12,22H,4-5H2,1-3H3. The molecule has 0 saturated carbocycles. The molecule has 0 spiro atoms. The lowest BCUT2D eigenvalue weighted by Gasteiger charge is -2.21. The van der Waals surface area contributed by atoms with Crippen LogP contribution in [-0.4, -0.2) is 24.4 Å². The number of rotatable bonds is 5. The van der Waals surface area contributed by atoms with Gasteiger partial charge >= 0.3 is 0 Å². The molecule has 0 heterocycles. The molecule has 0 aliphatic rings. The zero-order valence-corrected chi connectivity index (χ0v) is 15.3. The third kappa shape index (κ3) is 4.00.